The second kappa shape index (κ2) is 10.3. The number of nitrogens with one attached hydrogen (secondary N) is 2. The maximum Gasteiger partial charge on any atom is 0.191 e. The molecule has 0 fully saturated rings. The van der Waals surface area contributed by atoms with E-state index in [4.69, 9.17) is 4.74 Å². The van der Waals surface area contributed by atoms with Crippen LogP contribution in [0, 0.1) is 5.82 Å². The molecule has 0 bridgehead atoms. The molecule has 0 radical (unpaired) electrons. The van der Waals surface area contributed by atoms with Crippen molar-refractivity contribution in [3.63, 3.8) is 0 Å². The Morgan fingerprint density at radius 2 is 2.00 bits per heavy atom. The first kappa shape index (κ1) is 21.3. The van der Waals surface area contributed by atoms with E-state index in [1.54, 1.807) is 6.07 Å². The summed E-state index contributed by atoms with van der Waals surface area (Å²) in [6.45, 7) is 4.59. The quantitative estimate of drug-likeness (QED) is 0.334. The highest BCUT2D eigenvalue weighted by Gasteiger charge is 2.11. The summed E-state index contributed by atoms with van der Waals surface area (Å²) in [4.78, 5) is 4.47. The fourth-order valence-corrected chi connectivity index (χ4v) is 2.88. The largest absolute Gasteiger partial charge is 0.505 e. The van der Waals surface area contributed by atoms with E-state index in [2.05, 4.69) is 27.8 Å². The second-order valence-corrected chi connectivity index (χ2v) is 6.20. The van der Waals surface area contributed by atoms with E-state index in [-0.39, 0.29) is 29.7 Å². The van der Waals surface area contributed by atoms with Gasteiger partial charge in [0.05, 0.1) is 13.2 Å². The molecule has 0 spiro atoms. The summed E-state index contributed by atoms with van der Waals surface area (Å²) in [5.74, 6) is 0.710. The van der Waals surface area contributed by atoms with E-state index in [0.717, 1.165) is 38.3 Å². The predicted molar refractivity (Wildman–Crippen MR) is 116 cm³/mol. The van der Waals surface area contributed by atoms with Crippen molar-refractivity contribution >= 4 is 29.9 Å². The summed E-state index contributed by atoms with van der Waals surface area (Å²) in [6.07, 6.45) is 1.86. The van der Waals surface area contributed by atoms with Gasteiger partial charge in [-0.1, -0.05) is 18.2 Å². The number of phenolic OH excluding ortho intramolecular Hbond substituents is 1. The zero-order valence-electron chi connectivity index (χ0n) is 15.3. The van der Waals surface area contributed by atoms with Crippen LogP contribution in [0.25, 0.3) is 0 Å². The Bertz CT molecular complexity index is 799. The molecule has 0 atom stereocenters. The monoisotopic (exact) mass is 485 g/mol. The number of hydrogen-bond acceptors (Lipinski definition) is 3. The summed E-state index contributed by atoms with van der Waals surface area (Å²) in [7, 11) is 0. The van der Waals surface area contributed by atoms with Crippen molar-refractivity contribution in [1.82, 2.24) is 10.6 Å². The molecule has 3 rings (SSSR count). The maximum absolute atomic E-state index is 13.4. The van der Waals surface area contributed by atoms with Gasteiger partial charge in [-0.15, -0.1) is 24.0 Å². The molecule has 0 amide bonds. The summed E-state index contributed by atoms with van der Waals surface area (Å²) < 4.78 is 18.9. The number of aliphatic imine (C=N–C) groups is 1. The number of benzene rings is 2. The van der Waals surface area contributed by atoms with Crippen molar-refractivity contribution in [2.24, 2.45) is 4.99 Å². The lowest BCUT2D eigenvalue weighted by molar-refractivity contribution is 0.357. The number of nitrogens with zero attached hydrogens (tertiary/aromatic N) is 1. The van der Waals surface area contributed by atoms with E-state index >= 15 is 0 Å². The van der Waals surface area contributed by atoms with Crippen LogP contribution >= 0.6 is 24.0 Å². The molecular formula is C20H25FIN3O2. The van der Waals surface area contributed by atoms with Crippen LogP contribution in [0.4, 0.5) is 4.39 Å². The van der Waals surface area contributed by atoms with Gasteiger partial charge in [0.2, 0.25) is 0 Å². The third kappa shape index (κ3) is 5.98. The van der Waals surface area contributed by atoms with Gasteiger partial charge in [-0.3, -0.25) is 0 Å². The molecule has 0 aliphatic carbocycles. The number of aromatic hydroxyl groups is 1. The minimum absolute atomic E-state index is 0. The van der Waals surface area contributed by atoms with Gasteiger partial charge in [0, 0.05) is 19.5 Å². The average Bonchev–Trinajstić information content (AvgIpc) is 3.10. The van der Waals surface area contributed by atoms with Crippen LogP contribution < -0.4 is 15.4 Å². The van der Waals surface area contributed by atoms with Crippen LogP contribution in [-0.2, 0) is 19.4 Å². The third-order valence-corrected chi connectivity index (χ3v) is 4.24. The zero-order valence-corrected chi connectivity index (χ0v) is 17.6. The van der Waals surface area contributed by atoms with E-state index in [1.807, 2.05) is 13.0 Å². The van der Waals surface area contributed by atoms with E-state index in [0.29, 0.717) is 18.1 Å². The summed E-state index contributed by atoms with van der Waals surface area (Å²) in [6, 6.07) is 10.6. The molecule has 2 aromatic rings. The van der Waals surface area contributed by atoms with Gasteiger partial charge in [0.1, 0.15) is 5.75 Å². The van der Waals surface area contributed by atoms with Crippen LogP contribution in [0.1, 0.15) is 23.6 Å². The molecule has 2 aromatic carbocycles. The molecule has 7 heteroatoms. The topological polar surface area (TPSA) is 65.9 Å². The van der Waals surface area contributed by atoms with Crippen molar-refractivity contribution in [3.05, 3.63) is 58.9 Å². The van der Waals surface area contributed by atoms with Gasteiger partial charge in [0.25, 0.3) is 0 Å². The number of rotatable bonds is 6. The van der Waals surface area contributed by atoms with Gasteiger partial charge in [-0.05, 0) is 48.2 Å². The maximum atomic E-state index is 13.4. The smallest absolute Gasteiger partial charge is 0.191 e. The zero-order chi connectivity index (χ0) is 18.4. The Kier molecular flexibility index (Phi) is 8.15. The minimum atomic E-state index is -0.628. The number of guanidine groups is 1. The van der Waals surface area contributed by atoms with Crippen molar-refractivity contribution in [2.75, 3.05) is 19.7 Å². The van der Waals surface area contributed by atoms with Crippen molar-refractivity contribution in [3.8, 4) is 11.5 Å². The number of halogens is 2. The van der Waals surface area contributed by atoms with Gasteiger partial charge in [-0.2, -0.15) is 0 Å². The van der Waals surface area contributed by atoms with Gasteiger partial charge < -0.3 is 20.5 Å². The Labute approximate surface area is 176 Å². The van der Waals surface area contributed by atoms with E-state index in [9.17, 15) is 9.50 Å². The summed E-state index contributed by atoms with van der Waals surface area (Å²) in [5.41, 5.74) is 3.24. The van der Waals surface area contributed by atoms with Crippen molar-refractivity contribution in [2.45, 2.75) is 26.3 Å². The molecule has 0 saturated heterocycles. The Morgan fingerprint density at radius 1 is 1.19 bits per heavy atom. The van der Waals surface area contributed by atoms with E-state index < -0.39 is 5.82 Å². The molecule has 0 unspecified atom stereocenters. The molecule has 1 heterocycles. The lowest BCUT2D eigenvalue weighted by Gasteiger charge is -2.12. The molecule has 5 nitrogen and oxygen atoms in total. The second-order valence-electron chi connectivity index (χ2n) is 6.20. The molecule has 146 valence electrons. The van der Waals surface area contributed by atoms with Crippen LogP contribution in [0.15, 0.2) is 41.4 Å². The first-order valence-electron chi connectivity index (χ1n) is 8.90. The Balaban J connectivity index is 0.00000261. The highest BCUT2D eigenvalue weighted by molar-refractivity contribution is 14.0. The normalized spacial score (nSPS) is 12.7. The standard InChI is InChI=1S/C20H24FN3O2.HI/c1-2-22-20(24-13-15-3-5-18(25)17(21)12-15)23-9-7-14-4-6-19-16(11-14)8-10-26-19;/h3-6,11-12,25H,2,7-10,13H2,1H3,(H2,22,23,24);1H. The fraction of sp³-hybridized carbons (Fsp3) is 0.350. The number of fused-ring (bicyclic) bond motifs is 1. The van der Waals surface area contributed by atoms with Crippen LogP contribution in [0.3, 0.4) is 0 Å². The van der Waals surface area contributed by atoms with Gasteiger partial charge >= 0.3 is 0 Å². The fourth-order valence-electron chi connectivity index (χ4n) is 2.88. The summed E-state index contributed by atoms with van der Waals surface area (Å²) >= 11 is 0. The lowest BCUT2D eigenvalue weighted by Crippen LogP contribution is -2.38. The number of hydrogen-bond donors (Lipinski definition) is 3. The highest BCUT2D eigenvalue weighted by Crippen LogP contribution is 2.25. The van der Waals surface area contributed by atoms with Crippen molar-refractivity contribution < 1.29 is 14.2 Å². The van der Waals surface area contributed by atoms with Crippen LogP contribution in [0.2, 0.25) is 0 Å². The van der Waals surface area contributed by atoms with Crippen molar-refractivity contribution in [1.29, 1.82) is 0 Å². The molecule has 3 N–H and O–H groups in total. The first-order valence-corrected chi connectivity index (χ1v) is 8.90. The minimum Gasteiger partial charge on any atom is -0.505 e. The average molecular weight is 485 g/mol. The van der Waals surface area contributed by atoms with Gasteiger partial charge in [-0.25, -0.2) is 9.38 Å². The predicted octanol–water partition coefficient (Wildman–Crippen LogP) is 3.38. The Hall–Kier alpha value is -2.03. The molecule has 0 saturated carbocycles. The SMILES string of the molecule is CCNC(=NCc1ccc(O)c(F)c1)NCCc1ccc2c(c1)CCO2.I. The lowest BCUT2D eigenvalue weighted by atomic mass is 10.1. The number of ether oxygens (including phenoxy) is 1. The molecular weight excluding hydrogens is 460 g/mol. The highest BCUT2D eigenvalue weighted by atomic mass is 127. The first-order chi connectivity index (χ1) is 12.7. The van der Waals surface area contributed by atoms with Gasteiger partial charge in [0.15, 0.2) is 17.5 Å². The molecule has 27 heavy (non-hydrogen) atoms. The number of phenols is 1. The third-order valence-electron chi connectivity index (χ3n) is 4.24. The molecule has 1 aliphatic rings. The Morgan fingerprint density at radius 3 is 2.78 bits per heavy atom. The summed E-state index contributed by atoms with van der Waals surface area (Å²) in [5, 5.41) is 15.7. The van der Waals surface area contributed by atoms with E-state index in [1.165, 1.54) is 23.3 Å². The molecule has 1 aliphatic heterocycles. The van der Waals surface area contributed by atoms with Crippen LogP contribution in [0.5, 0.6) is 11.5 Å². The molecule has 0 aromatic heterocycles. The van der Waals surface area contributed by atoms with Crippen LogP contribution in [-0.4, -0.2) is 30.8 Å².